The molecule has 0 spiro atoms. The third kappa shape index (κ3) is 1.51. The third-order valence-electron chi connectivity index (χ3n) is 1.36. The van der Waals surface area contributed by atoms with Crippen LogP contribution in [0.25, 0.3) is 0 Å². The summed E-state index contributed by atoms with van der Waals surface area (Å²) in [5.41, 5.74) is 0.155. The van der Waals surface area contributed by atoms with E-state index in [0.29, 0.717) is 10.6 Å². The van der Waals surface area contributed by atoms with E-state index in [1.807, 2.05) is 6.07 Å². The molecular formula is C8H6FNOS. The zero-order valence-electron chi connectivity index (χ0n) is 6.34. The van der Waals surface area contributed by atoms with E-state index in [2.05, 4.69) is 12.6 Å². The summed E-state index contributed by atoms with van der Waals surface area (Å²) in [6.45, 7) is 0. The summed E-state index contributed by atoms with van der Waals surface area (Å²) in [4.78, 5) is 0.328. The SMILES string of the molecule is COc1c(S)cc(F)cc1C#N. The topological polar surface area (TPSA) is 33.0 Å². The Balaban J connectivity index is 3.36. The third-order valence-corrected chi connectivity index (χ3v) is 1.69. The molecule has 0 fully saturated rings. The van der Waals surface area contributed by atoms with E-state index in [1.54, 1.807) is 0 Å². The zero-order chi connectivity index (χ0) is 9.14. The van der Waals surface area contributed by atoms with Crippen molar-refractivity contribution >= 4 is 12.6 Å². The van der Waals surface area contributed by atoms with E-state index in [4.69, 9.17) is 10.00 Å². The van der Waals surface area contributed by atoms with E-state index in [9.17, 15) is 4.39 Å². The van der Waals surface area contributed by atoms with Crippen molar-refractivity contribution in [3.8, 4) is 11.8 Å². The van der Waals surface area contributed by atoms with Crippen LogP contribution in [0.1, 0.15) is 5.56 Å². The molecular weight excluding hydrogens is 177 g/mol. The molecule has 0 aliphatic heterocycles. The summed E-state index contributed by atoms with van der Waals surface area (Å²) in [7, 11) is 1.41. The van der Waals surface area contributed by atoms with Gasteiger partial charge in [0.15, 0.2) is 0 Å². The lowest BCUT2D eigenvalue weighted by Gasteiger charge is -2.04. The number of hydrogen-bond acceptors (Lipinski definition) is 3. The lowest BCUT2D eigenvalue weighted by molar-refractivity contribution is 0.402. The average Bonchev–Trinajstić information content (AvgIpc) is 2.03. The lowest BCUT2D eigenvalue weighted by atomic mass is 10.2. The van der Waals surface area contributed by atoms with Crippen molar-refractivity contribution in [2.45, 2.75) is 4.90 Å². The second kappa shape index (κ2) is 3.46. The number of methoxy groups -OCH3 is 1. The normalized spacial score (nSPS) is 9.17. The minimum absolute atomic E-state index is 0.155. The molecule has 2 nitrogen and oxygen atoms in total. The number of nitriles is 1. The fraction of sp³-hybridized carbons (Fsp3) is 0.125. The molecule has 0 heterocycles. The molecule has 0 aliphatic carbocycles. The van der Waals surface area contributed by atoms with Gasteiger partial charge >= 0.3 is 0 Å². The maximum atomic E-state index is 12.7. The maximum Gasteiger partial charge on any atom is 0.150 e. The Morgan fingerprint density at radius 3 is 2.75 bits per heavy atom. The van der Waals surface area contributed by atoms with Gasteiger partial charge < -0.3 is 4.74 Å². The molecule has 1 aromatic carbocycles. The van der Waals surface area contributed by atoms with Crippen LogP contribution < -0.4 is 4.74 Å². The van der Waals surface area contributed by atoms with Gasteiger partial charge in [-0.25, -0.2) is 4.39 Å². The molecule has 0 bridgehead atoms. The highest BCUT2D eigenvalue weighted by molar-refractivity contribution is 7.80. The van der Waals surface area contributed by atoms with Crippen LogP contribution in [0.2, 0.25) is 0 Å². The van der Waals surface area contributed by atoms with E-state index < -0.39 is 5.82 Å². The highest BCUT2D eigenvalue weighted by atomic mass is 32.1. The molecule has 0 radical (unpaired) electrons. The fourth-order valence-electron chi connectivity index (χ4n) is 0.877. The number of rotatable bonds is 1. The second-order valence-electron chi connectivity index (χ2n) is 2.12. The number of ether oxygens (including phenoxy) is 1. The highest BCUT2D eigenvalue weighted by Crippen LogP contribution is 2.27. The highest BCUT2D eigenvalue weighted by Gasteiger charge is 2.08. The van der Waals surface area contributed by atoms with Gasteiger partial charge in [0.1, 0.15) is 17.6 Å². The molecule has 4 heteroatoms. The molecule has 0 aromatic heterocycles. The summed E-state index contributed by atoms with van der Waals surface area (Å²) in [5.74, 6) is -0.181. The summed E-state index contributed by atoms with van der Waals surface area (Å²) in [6.07, 6.45) is 0. The summed E-state index contributed by atoms with van der Waals surface area (Å²) < 4.78 is 17.5. The number of benzene rings is 1. The van der Waals surface area contributed by atoms with Gasteiger partial charge in [0.05, 0.1) is 17.6 Å². The van der Waals surface area contributed by atoms with Crippen molar-refractivity contribution in [1.82, 2.24) is 0 Å². The van der Waals surface area contributed by atoms with Crippen molar-refractivity contribution in [3.05, 3.63) is 23.5 Å². The number of thiol groups is 1. The van der Waals surface area contributed by atoms with Crippen LogP contribution in [-0.2, 0) is 0 Å². The first-order valence-corrected chi connectivity index (χ1v) is 3.60. The molecule has 1 aromatic rings. The summed E-state index contributed by atoms with van der Waals surface area (Å²) in [6, 6.07) is 4.12. The van der Waals surface area contributed by atoms with Crippen molar-refractivity contribution in [2.75, 3.05) is 7.11 Å². The van der Waals surface area contributed by atoms with Crippen molar-refractivity contribution in [1.29, 1.82) is 5.26 Å². The number of nitrogens with zero attached hydrogens (tertiary/aromatic N) is 1. The molecule has 0 N–H and O–H groups in total. The van der Waals surface area contributed by atoms with Crippen LogP contribution in [0.3, 0.4) is 0 Å². The Bertz CT molecular complexity index is 346. The smallest absolute Gasteiger partial charge is 0.150 e. The molecule has 0 amide bonds. The number of hydrogen-bond donors (Lipinski definition) is 1. The first-order valence-electron chi connectivity index (χ1n) is 3.15. The molecule has 62 valence electrons. The average molecular weight is 183 g/mol. The van der Waals surface area contributed by atoms with Crippen LogP contribution in [0, 0.1) is 17.1 Å². The molecule has 1 rings (SSSR count). The Kier molecular flexibility index (Phi) is 2.56. The van der Waals surface area contributed by atoms with E-state index in [-0.39, 0.29) is 5.56 Å². The monoisotopic (exact) mass is 183 g/mol. The van der Waals surface area contributed by atoms with Crippen LogP contribution in [0.4, 0.5) is 4.39 Å². The summed E-state index contributed by atoms with van der Waals surface area (Å²) >= 11 is 3.96. The lowest BCUT2D eigenvalue weighted by Crippen LogP contribution is -1.90. The Labute approximate surface area is 75.0 Å². The van der Waals surface area contributed by atoms with Gasteiger partial charge in [0.2, 0.25) is 0 Å². The molecule has 0 saturated carbocycles. The molecule has 0 unspecified atom stereocenters. The molecule has 0 aliphatic rings. The second-order valence-corrected chi connectivity index (χ2v) is 2.60. The largest absolute Gasteiger partial charge is 0.494 e. The van der Waals surface area contributed by atoms with Gasteiger partial charge in [-0.3, -0.25) is 0 Å². The van der Waals surface area contributed by atoms with Crippen molar-refractivity contribution < 1.29 is 9.13 Å². The van der Waals surface area contributed by atoms with E-state index in [1.165, 1.54) is 13.2 Å². The number of halogens is 1. The minimum Gasteiger partial charge on any atom is -0.494 e. The van der Waals surface area contributed by atoms with E-state index in [0.717, 1.165) is 6.07 Å². The first-order chi connectivity index (χ1) is 5.69. The predicted octanol–water partition coefficient (Wildman–Crippen LogP) is 1.99. The molecule has 0 saturated heterocycles. The quantitative estimate of drug-likeness (QED) is 0.675. The molecule has 12 heavy (non-hydrogen) atoms. The minimum atomic E-state index is -0.489. The fourth-order valence-corrected chi connectivity index (χ4v) is 1.21. The van der Waals surface area contributed by atoms with Gasteiger partial charge in [0, 0.05) is 0 Å². The van der Waals surface area contributed by atoms with Crippen molar-refractivity contribution in [3.63, 3.8) is 0 Å². The van der Waals surface area contributed by atoms with Crippen LogP contribution in [0.15, 0.2) is 17.0 Å². The standard InChI is InChI=1S/C8H6FNOS/c1-11-8-5(4-10)2-6(9)3-7(8)12/h2-3,12H,1H3. The summed E-state index contributed by atoms with van der Waals surface area (Å²) in [5, 5.41) is 8.57. The Morgan fingerprint density at radius 1 is 1.58 bits per heavy atom. The first kappa shape index (κ1) is 8.88. The van der Waals surface area contributed by atoms with Crippen LogP contribution >= 0.6 is 12.6 Å². The van der Waals surface area contributed by atoms with Gasteiger partial charge in [-0.1, -0.05) is 0 Å². The van der Waals surface area contributed by atoms with Crippen LogP contribution in [-0.4, -0.2) is 7.11 Å². The Hall–Kier alpha value is -1.21. The van der Waals surface area contributed by atoms with Gasteiger partial charge in [-0.05, 0) is 12.1 Å². The van der Waals surface area contributed by atoms with Gasteiger partial charge in [-0.15, -0.1) is 12.6 Å². The Morgan fingerprint density at radius 2 is 2.25 bits per heavy atom. The van der Waals surface area contributed by atoms with Crippen molar-refractivity contribution in [2.24, 2.45) is 0 Å². The maximum absolute atomic E-state index is 12.7. The van der Waals surface area contributed by atoms with Gasteiger partial charge in [-0.2, -0.15) is 5.26 Å². The zero-order valence-corrected chi connectivity index (χ0v) is 7.23. The van der Waals surface area contributed by atoms with Crippen LogP contribution in [0.5, 0.6) is 5.75 Å². The molecule has 0 atom stereocenters. The predicted molar refractivity (Wildman–Crippen MR) is 44.9 cm³/mol. The van der Waals surface area contributed by atoms with E-state index >= 15 is 0 Å². The van der Waals surface area contributed by atoms with Gasteiger partial charge in [0.25, 0.3) is 0 Å².